The first-order valence-corrected chi connectivity index (χ1v) is 12.0. The zero-order valence-electron chi connectivity index (χ0n) is 15.6. The van der Waals surface area contributed by atoms with Crippen LogP contribution in [0.3, 0.4) is 0 Å². The van der Waals surface area contributed by atoms with Gasteiger partial charge < -0.3 is 0 Å². The van der Waals surface area contributed by atoms with Gasteiger partial charge in [-0.3, -0.25) is 0 Å². The lowest BCUT2D eigenvalue weighted by molar-refractivity contribution is 0.428. The van der Waals surface area contributed by atoms with Crippen LogP contribution < -0.4 is 0 Å². The average Bonchev–Trinajstić information content (AvgIpc) is 3.02. The molecule has 3 aromatic rings. The first kappa shape index (κ1) is 19.2. The molecule has 1 heterocycles. The van der Waals surface area contributed by atoms with E-state index in [9.17, 15) is 8.42 Å². The summed E-state index contributed by atoms with van der Waals surface area (Å²) in [5, 5.41) is 0.349. The van der Waals surface area contributed by atoms with Crippen molar-refractivity contribution < 1.29 is 8.42 Å². The zero-order chi connectivity index (χ0) is 19.4. The molecule has 1 aliphatic heterocycles. The molecule has 0 saturated carbocycles. The third-order valence-corrected chi connectivity index (χ3v) is 8.31. The SMILES string of the molecule is O=S(=O)(c1ccc(-c2ccccc2)cc1)N1CCSC(c2ccccc2)CC1. The Kier molecular flexibility index (Phi) is 5.85. The van der Waals surface area contributed by atoms with E-state index in [0.717, 1.165) is 23.3 Å². The molecule has 1 atom stereocenters. The molecule has 3 nitrogen and oxygen atoms in total. The maximum absolute atomic E-state index is 13.1. The van der Waals surface area contributed by atoms with Crippen LogP contribution in [0, 0.1) is 0 Å². The summed E-state index contributed by atoms with van der Waals surface area (Å²) in [6.07, 6.45) is 0.829. The van der Waals surface area contributed by atoms with Gasteiger partial charge in [0, 0.05) is 24.1 Å². The van der Waals surface area contributed by atoms with E-state index in [1.54, 1.807) is 16.4 Å². The molecule has 0 spiro atoms. The van der Waals surface area contributed by atoms with Gasteiger partial charge in [0.15, 0.2) is 0 Å². The van der Waals surface area contributed by atoms with Crippen LogP contribution in [0.1, 0.15) is 17.2 Å². The van der Waals surface area contributed by atoms with Gasteiger partial charge in [0.05, 0.1) is 4.90 Å². The summed E-state index contributed by atoms with van der Waals surface area (Å²) in [6, 6.07) is 27.6. The van der Waals surface area contributed by atoms with Crippen molar-refractivity contribution in [3.63, 3.8) is 0 Å². The second-order valence-corrected chi connectivity index (χ2v) is 10.1. The first-order chi connectivity index (χ1) is 13.6. The number of hydrogen-bond donors (Lipinski definition) is 0. The van der Waals surface area contributed by atoms with Gasteiger partial charge in [0.25, 0.3) is 0 Å². The highest BCUT2D eigenvalue weighted by atomic mass is 32.2. The Hall–Kier alpha value is -2.08. The average molecular weight is 410 g/mol. The van der Waals surface area contributed by atoms with Crippen LogP contribution in [-0.2, 0) is 10.0 Å². The van der Waals surface area contributed by atoms with Crippen molar-refractivity contribution in [2.75, 3.05) is 18.8 Å². The van der Waals surface area contributed by atoms with Crippen LogP contribution in [0.5, 0.6) is 0 Å². The standard InChI is InChI=1S/C23H23NO2S2/c25-28(26,22-13-11-20(12-14-22)19-7-3-1-4-8-19)24-16-15-23(27-18-17-24)21-9-5-2-6-10-21/h1-14,23H,15-18H2. The zero-order valence-corrected chi connectivity index (χ0v) is 17.2. The predicted molar refractivity (Wildman–Crippen MR) is 117 cm³/mol. The molecule has 0 amide bonds. The van der Waals surface area contributed by atoms with Crippen LogP contribution in [0.15, 0.2) is 89.8 Å². The number of hydrogen-bond acceptors (Lipinski definition) is 3. The summed E-state index contributed by atoms with van der Waals surface area (Å²) in [5.74, 6) is 0.806. The quantitative estimate of drug-likeness (QED) is 0.593. The summed E-state index contributed by atoms with van der Waals surface area (Å²) >= 11 is 1.85. The van der Waals surface area contributed by atoms with Gasteiger partial charge in [-0.05, 0) is 35.2 Å². The number of nitrogens with zero attached hydrogens (tertiary/aromatic N) is 1. The fourth-order valence-electron chi connectivity index (χ4n) is 3.52. The van der Waals surface area contributed by atoms with Crippen LogP contribution in [0.25, 0.3) is 11.1 Å². The van der Waals surface area contributed by atoms with E-state index in [1.165, 1.54) is 5.56 Å². The number of rotatable bonds is 4. The molecule has 0 aliphatic carbocycles. The Balaban J connectivity index is 1.50. The minimum atomic E-state index is -3.47. The third kappa shape index (κ3) is 4.17. The summed E-state index contributed by atoms with van der Waals surface area (Å²) < 4.78 is 27.9. The number of benzene rings is 3. The van der Waals surface area contributed by atoms with Crippen molar-refractivity contribution in [3.8, 4) is 11.1 Å². The molecule has 3 aromatic carbocycles. The van der Waals surface area contributed by atoms with Crippen LogP contribution in [0.2, 0.25) is 0 Å². The highest BCUT2D eigenvalue weighted by Gasteiger charge is 2.28. The van der Waals surface area contributed by atoms with Gasteiger partial charge in [-0.25, -0.2) is 8.42 Å². The van der Waals surface area contributed by atoms with Gasteiger partial charge in [0.1, 0.15) is 0 Å². The first-order valence-electron chi connectivity index (χ1n) is 9.47. The largest absolute Gasteiger partial charge is 0.243 e. The van der Waals surface area contributed by atoms with E-state index >= 15 is 0 Å². The van der Waals surface area contributed by atoms with E-state index in [1.807, 2.05) is 72.4 Å². The Morgan fingerprint density at radius 2 is 1.36 bits per heavy atom. The second-order valence-electron chi connectivity index (χ2n) is 6.85. The molecule has 0 bridgehead atoms. The van der Waals surface area contributed by atoms with Crippen LogP contribution in [0.4, 0.5) is 0 Å². The van der Waals surface area contributed by atoms with Crippen LogP contribution >= 0.6 is 11.8 Å². The summed E-state index contributed by atoms with van der Waals surface area (Å²) in [7, 11) is -3.47. The Labute approximate surface area is 171 Å². The maximum atomic E-state index is 13.1. The van der Waals surface area contributed by atoms with Crippen molar-refractivity contribution in [3.05, 3.63) is 90.5 Å². The lowest BCUT2D eigenvalue weighted by Gasteiger charge is -2.20. The highest BCUT2D eigenvalue weighted by Crippen LogP contribution is 2.35. The molecule has 5 heteroatoms. The van der Waals surface area contributed by atoms with E-state index in [4.69, 9.17) is 0 Å². The fraction of sp³-hybridized carbons (Fsp3) is 0.217. The van der Waals surface area contributed by atoms with Gasteiger partial charge in [-0.1, -0.05) is 72.8 Å². The second kappa shape index (κ2) is 8.52. The molecular formula is C23H23NO2S2. The Morgan fingerprint density at radius 3 is 2.04 bits per heavy atom. The van der Waals surface area contributed by atoms with Crippen molar-refractivity contribution in [1.82, 2.24) is 4.31 Å². The van der Waals surface area contributed by atoms with E-state index in [0.29, 0.717) is 23.2 Å². The van der Waals surface area contributed by atoms with Crippen molar-refractivity contribution in [1.29, 1.82) is 0 Å². The third-order valence-electron chi connectivity index (χ3n) is 5.07. The van der Waals surface area contributed by atoms with Crippen molar-refractivity contribution in [2.24, 2.45) is 0 Å². The summed E-state index contributed by atoms with van der Waals surface area (Å²) in [5.41, 5.74) is 3.39. The smallest absolute Gasteiger partial charge is 0.207 e. The molecule has 1 fully saturated rings. The molecule has 144 valence electrons. The monoisotopic (exact) mass is 409 g/mol. The maximum Gasteiger partial charge on any atom is 0.243 e. The van der Waals surface area contributed by atoms with Gasteiger partial charge in [0.2, 0.25) is 10.0 Å². The van der Waals surface area contributed by atoms with Crippen molar-refractivity contribution in [2.45, 2.75) is 16.6 Å². The lowest BCUT2D eigenvalue weighted by atomic mass is 10.1. The molecule has 28 heavy (non-hydrogen) atoms. The summed E-state index contributed by atoms with van der Waals surface area (Å²) in [6.45, 7) is 1.10. The molecular weight excluding hydrogens is 386 g/mol. The molecule has 4 rings (SSSR count). The van der Waals surface area contributed by atoms with Gasteiger partial charge in [-0.2, -0.15) is 16.1 Å². The van der Waals surface area contributed by atoms with E-state index in [2.05, 4.69) is 12.1 Å². The Morgan fingerprint density at radius 1 is 0.750 bits per heavy atom. The molecule has 1 unspecified atom stereocenters. The van der Waals surface area contributed by atoms with Gasteiger partial charge in [-0.15, -0.1) is 0 Å². The molecule has 0 radical (unpaired) electrons. The molecule has 1 aliphatic rings. The topological polar surface area (TPSA) is 37.4 Å². The molecule has 0 N–H and O–H groups in total. The fourth-order valence-corrected chi connectivity index (χ4v) is 6.33. The van der Waals surface area contributed by atoms with Gasteiger partial charge >= 0.3 is 0 Å². The minimum Gasteiger partial charge on any atom is -0.207 e. The van der Waals surface area contributed by atoms with E-state index < -0.39 is 10.0 Å². The van der Waals surface area contributed by atoms with E-state index in [-0.39, 0.29) is 0 Å². The normalized spacial score (nSPS) is 18.5. The summed E-state index contributed by atoms with van der Waals surface area (Å²) in [4.78, 5) is 0.371. The Bertz CT molecular complexity index is 1000. The molecule has 1 saturated heterocycles. The van der Waals surface area contributed by atoms with Crippen LogP contribution in [-0.4, -0.2) is 31.6 Å². The molecule has 0 aromatic heterocycles. The number of sulfonamides is 1. The lowest BCUT2D eigenvalue weighted by Crippen LogP contribution is -2.33. The number of thioether (sulfide) groups is 1. The van der Waals surface area contributed by atoms with Crippen molar-refractivity contribution >= 4 is 21.8 Å². The highest BCUT2D eigenvalue weighted by molar-refractivity contribution is 7.99. The minimum absolute atomic E-state index is 0.349. The predicted octanol–water partition coefficient (Wildman–Crippen LogP) is 5.22.